The molecule has 0 aliphatic heterocycles. The molecule has 0 aliphatic carbocycles. The Morgan fingerprint density at radius 1 is 0.870 bits per heavy atom. The second-order valence-corrected chi connectivity index (χ2v) is 13.9. The van der Waals surface area contributed by atoms with Crippen molar-refractivity contribution >= 4 is 43.5 Å². The Hall–Kier alpha value is -4.15. The molecule has 242 valence electrons. The van der Waals surface area contributed by atoms with Gasteiger partial charge in [-0.1, -0.05) is 84.8 Å². The number of aryl methyl sites for hydroxylation is 2. The van der Waals surface area contributed by atoms with Crippen LogP contribution in [-0.2, 0) is 32.6 Å². The molecule has 4 rings (SSSR count). The maximum Gasteiger partial charge on any atom is 0.264 e. The van der Waals surface area contributed by atoms with E-state index in [4.69, 9.17) is 4.74 Å². The third kappa shape index (κ3) is 8.76. The SMILES string of the molecule is CCCNC(=O)[C@H](Cc1ccccc1)N(Cc1cccc(C)c1)C(=O)CN(c1ccc(C)cc1)S(=O)(=O)c1ccc(OC)c(Br)c1. The number of ether oxygens (including phenoxy) is 1. The highest BCUT2D eigenvalue weighted by molar-refractivity contribution is 9.10. The molecule has 1 atom stereocenters. The first-order valence-electron chi connectivity index (χ1n) is 15.1. The lowest BCUT2D eigenvalue weighted by atomic mass is 10.0. The highest BCUT2D eigenvalue weighted by Gasteiger charge is 2.34. The number of amides is 2. The third-order valence-corrected chi connectivity index (χ3v) is 9.96. The highest BCUT2D eigenvalue weighted by Crippen LogP contribution is 2.31. The van der Waals surface area contributed by atoms with Crippen molar-refractivity contribution < 1.29 is 22.7 Å². The van der Waals surface area contributed by atoms with Crippen molar-refractivity contribution in [2.24, 2.45) is 0 Å². The first-order valence-corrected chi connectivity index (χ1v) is 17.4. The Morgan fingerprint density at radius 2 is 1.57 bits per heavy atom. The molecule has 4 aromatic rings. The molecule has 46 heavy (non-hydrogen) atoms. The first kappa shape index (κ1) is 34.7. The fraction of sp³-hybridized carbons (Fsp3) is 0.278. The highest BCUT2D eigenvalue weighted by atomic mass is 79.9. The van der Waals surface area contributed by atoms with Gasteiger partial charge in [-0.25, -0.2) is 8.42 Å². The molecule has 0 aromatic heterocycles. The van der Waals surface area contributed by atoms with E-state index in [0.717, 1.165) is 33.0 Å². The van der Waals surface area contributed by atoms with E-state index in [2.05, 4.69) is 21.2 Å². The fourth-order valence-corrected chi connectivity index (χ4v) is 7.23. The summed E-state index contributed by atoms with van der Waals surface area (Å²) in [5.74, 6) is -0.329. The number of halogens is 1. The molecule has 0 aliphatic rings. The summed E-state index contributed by atoms with van der Waals surface area (Å²) in [7, 11) is -2.74. The number of rotatable bonds is 14. The van der Waals surface area contributed by atoms with Crippen molar-refractivity contribution in [1.29, 1.82) is 0 Å². The number of anilines is 1. The number of sulfonamides is 1. The Morgan fingerprint density at radius 3 is 2.20 bits per heavy atom. The number of methoxy groups -OCH3 is 1. The van der Waals surface area contributed by atoms with Gasteiger partial charge < -0.3 is 15.0 Å². The largest absolute Gasteiger partial charge is 0.496 e. The van der Waals surface area contributed by atoms with Gasteiger partial charge in [-0.05, 0) is 77.7 Å². The lowest BCUT2D eigenvalue weighted by Gasteiger charge is -2.34. The van der Waals surface area contributed by atoms with E-state index >= 15 is 0 Å². The van der Waals surface area contributed by atoms with Gasteiger partial charge in [0.1, 0.15) is 18.3 Å². The molecule has 0 fully saturated rings. The molecule has 0 radical (unpaired) electrons. The van der Waals surface area contributed by atoms with Crippen LogP contribution in [0.25, 0.3) is 0 Å². The summed E-state index contributed by atoms with van der Waals surface area (Å²) in [6.07, 6.45) is 0.989. The third-order valence-electron chi connectivity index (χ3n) is 7.57. The quantitative estimate of drug-likeness (QED) is 0.163. The molecule has 2 amide bonds. The van der Waals surface area contributed by atoms with Crippen LogP contribution in [0.1, 0.15) is 35.6 Å². The van der Waals surface area contributed by atoms with Gasteiger partial charge >= 0.3 is 0 Å². The molecular weight excluding hydrogens is 666 g/mol. The summed E-state index contributed by atoms with van der Waals surface area (Å²) < 4.78 is 35.4. The summed E-state index contributed by atoms with van der Waals surface area (Å²) in [5.41, 5.74) is 3.99. The standard InChI is InChI=1S/C36H40BrN3O5S/c1-5-20-38-36(42)33(22-28-11-7-6-8-12-28)39(24-29-13-9-10-27(3)21-29)35(41)25-40(30-16-14-26(2)15-17-30)46(43,44)31-18-19-34(45-4)32(37)23-31/h6-19,21,23,33H,5,20,22,24-25H2,1-4H3,(H,38,42)/t33-/m0/s1. The zero-order chi connectivity index (χ0) is 33.3. The monoisotopic (exact) mass is 705 g/mol. The molecule has 0 saturated heterocycles. The topological polar surface area (TPSA) is 96.0 Å². The number of benzene rings is 4. The minimum atomic E-state index is -4.24. The lowest BCUT2D eigenvalue weighted by Crippen LogP contribution is -2.53. The fourth-order valence-electron chi connectivity index (χ4n) is 5.10. The van der Waals surface area contributed by atoms with Gasteiger partial charge in [-0.2, -0.15) is 0 Å². The number of nitrogens with zero attached hydrogens (tertiary/aromatic N) is 2. The van der Waals surface area contributed by atoms with E-state index in [1.165, 1.54) is 24.1 Å². The Labute approximate surface area is 280 Å². The zero-order valence-corrected chi connectivity index (χ0v) is 29.0. The Bertz CT molecular complexity index is 1750. The van der Waals surface area contributed by atoms with Crippen molar-refractivity contribution in [2.45, 2.75) is 51.1 Å². The molecule has 10 heteroatoms. The Kier molecular flexibility index (Phi) is 12.0. The van der Waals surface area contributed by atoms with Crippen LogP contribution in [0.15, 0.2) is 106 Å². The van der Waals surface area contributed by atoms with Gasteiger partial charge in [0.05, 0.1) is 22.2 Å². The lowest BCUT2D eigenvalue weighted by molar-refractivity contribution is -0.140. The molecule has 0 heterocycles. The van der Waals surface area contributed by atoms with E-state index in [9.17, 15) is 18.0 Å². The van der Waals surface area contributed by atoms with Crippen LogP contribution < -0.4 is 14.4 Å². The summed E-state index contributed by atoms with van der Waals surface area (Å²) in [6.45, 7) is 5.88. The molecule has 1 N–H and O–H groups in total. The molecular formula is C36H40BrN3O5S. The van der Waals surface area contributed by atoms with E-state index in [0.29, 0.717) is 22.5 Å². The van der Waals surface area contributed by atoms with Crippen LogP contribution in [-0.4, -0.2) is 51.4 Å². The van der Waals surface area contributed by atoms with Gasteiger partial charge in [-0.3, -0.25) is 13.9 Å². The van der Waals surface area contributed by atoms with E-state index < -0.39 is 28.5 Å². The minimum Gasteiger partial charge on any atom is -0.496 e. The van der Waals surface area contributed by atoms with Crippen LogP contribution in [0.2, 0.25) is 0 Å². The van der Waals surface area contributed by atoms with E-state index in [1.807, 2.05) is 75.4 Å². The maximum atomic E-state index is 14.5. The predicted octanol–water partition coefficient (Wildman–Crippen LogP) is 6.44. The van der Waals surface area contributed by atoms with Gasteiger partial charge in [-0.15, -0.1) is 0 Å². The van der Waals surface area contributed by atoms with Gasteiger partial charge in [0.15, 0.2) is 0 Å². The number of nitrogens with one attached hydrogen (secondary N) is 1. The summed E-state index contributed by atoms with van der Waals surface area (Å²) in [6, 6.07) is 27.8. The molecule has 4 aromatic carbocycles. The van der Waals surface area contributed by atoms with Gasteiger partial charge in [0, 0.05) is 19.5 Å². The van der Waals surface area contributed by atoms with Crippen molar-refractivity contribution in [1.82, 2.24) is 10.2 Å². The molecule has 0 unspecified atom stereocenters. The minimum absolute atomic E-state index is 0.0136. The Balaban J connectivity index is 1.81. The van der Waals surface area contributed by atoms with Crippen LogP contribution >= 0.6 is 15.9 Å². The first-order chi connectivity index (χ1) is 22.0. The molecule has 0 saturated carbocycles. The van der Waals surface area contributed by atoms with Crippen molar-refractivity contribution in [3.63, 3.8) is 0 Å². The molecule has 0 bridgehead atoms. The summed E-state index contributed by atoms with van der Waals surface area (Å²) in [4.78, 5) is 29.8. The average molecular weight is 707 g/mol. The maximum absolute atomic E-state index is 14.5. The smallest absolute Gasteiger partial charge is 0.264 e. The van der Waals surface area contributed by atoms with E-state index in [1.54, 1.807) is 30.3 Å². The van der Waals surface area contributed by atoms with Crippen LogP contribution in [0, 0.1) is 13.8 Å². The number of carbonyl (C=O) groups excluding carboxylic acids is 2. The van der Waals surface area contributed by atoms with Crippen molar-refractivity contribution in [3.05, 3.63) is 124 Å². The second-order valence-electron chi connectivity index (χ2n) is 11.2. The van der Waals surface area contributed by atoms with Gasteiger partial charge in [0.25, 0.3) is 10.0 Å². The van der Waals surface area contributed by atoms with Gasteiger partial charge in [0.2, 0.25) is 11.8 Å². The average Bonchev–Trinajstić information content (AvgIpc) is 3.05. The molecule has 8 nitrogen and oxygen atoms in total. The normalized spacial score (nSPS) is 11.8. The van der Waals surface area contributed by atoms with E-state index in [-0.39, 0.29) is 23.8 Å². The predicted molar refractivity (Wildman–Crippen MR) is 185 cm³/mol. The molecule has 0 spiro atoms. The number of hydrogen-bond donors (Lipinski definition) is 1. The van der Waals surface area contributed by atoms with Crippen LogP contribution in [0.4, 0.5) is 5.69 Å². The summed E-state index contributed by atoms with van der Waals surface area (Å²) in [5, 5.41) is 2.97. The second kappa shape index (κ2) is 15.9. The van der Waals surface area contributed by atoms with Crippen molar-refractivity contribution in [3.8, 4) is 5.75 Å². The number of hydrogen-bond acceptors (Lipinski definition) is 5. The van der Waals surface area contributed by atoms with Crippen LogP contribution in [0.3, 0.4) is 0 Å². The van der Waals surface area contributed by atoms with Crippen molar-refractivity contribution in [2.75, 3.05) is 24.5 Å². The zero-order valence-electron chi connectivity index (χ0n) is 26.6. The van der Waals surface area contributed by atoms with Crippen LogP contribution in [0.5, 0.6) is 5.75 Å². The summed E-state index contributed by atoms with van der Waals surface area (Å²) >= 11 is 3.39. The number of carbonyl (C=O) groups is 2.